The summed E-state index contributed by atoms with van der Waals surface area (Å²) in [5, 5.41) is 11.4. The first-order valence-corrected chi connectivity index (χ1v) is 9.55. The summed E-state index contributed by atoms with van der Waals surface area (Å²) in [5.74, 6) is 1.64. The van der Waals surface area contributed by atoms with Gasteiger partial charge in [0.15, 0.2) is 4.34 Å². The molecule has 0 unspecified atom stereocenters. The number of carbonyl (C=O) groups excluding carboxylic acids is 1. The first kappa shape index (κ1) is 17.1. The highest BCUT2D eigenvalue weighted by molar-refractivity contribution is 8.01. The summed E-state index contributed by atoms with van der Waals surface area (Å²) in [6.45, 7) is 5.65. The van der Waals surface area contributed by atoms with E-state index in [1.165, 1.54) is 11.3 Å². The summed E-state index contributed by atoms with van der Waals surface area (Å²) in [5.41, 5.74) is 0. The van der Waals surface area contributed by atoms with Crippen molar-refractivity contribution < 1.29 is 4.79 Å². The fourth-order valence-corrected chi connectivity index (χ4v) is 4.03. The van der Waals surface area contributed by atoms with Gasteiger partial charge in [-0.15, -0.1) is 10.2 Å². The van der Waals surface area contributed by atoms with Crippen LogP contribution in [0.5, 0.6) is 0 Å². The molecule has 128 valence electrons. The molecule has 1 amide bonds. The van der Waals surface area contributed by atoms with Gasteiger partial charge in [0.1, 0.15) is 0 Å². The van der Waals surface area contributed by atoms with Crippen LogP contribution in [0.1, 0.15) is 6.92 Å². The predicted molar refractivity (Wildman–Crippen MR) is 95.6 cm³/mol. The molecule has 0 atom stereocenters. The molecule has 3 heterocycles. The number of nitrogens with one attached hydrogen (secondary N) is 1. The minimum absolute atomic E-state index is 0.0522. The molecular formula is C14H19N7OS2. The van der Waals surface area contributed by atoms with Crippen molar-refractivity contribution in [3.8, 4) is 0 Å². The summed E-state index contributed by atoms with van der Waals surface area (Å²) < 4.78 is 0.879. The van der Waals surface area contributed by atoms with Gasteiger partial charge in [0, 0.05) is 38.6 Å². The van der Waals surface area contributed by atoms with Crippen LogP contribution < -0.4 is 10.2 Å². The fourth-order valence-electron chi connectivity index (χ4n) is 2.36. The minimum Gasteiger partial charge on any atom is -0.338 e. The molecule has 2 aromatic heterocycles. The van der Waals surface area contributed by atoms with Gasteiger partial charge in [0.2, 0.25) is 17.0 Å². The van der Waals surface area contributed by atoms with Crippen molar-refractivity contribution in [1.82, 2.24) is 25.1 Å². The highest BCUT2D eigenvalue weighted by Crippen LogP contribution is 2.24. The van der Waals surface area contributed by atoms with Crippen LogP contribution in [0.15, 0.2) is 22.8 Å². The van der Waals surface area contributed by atoms with Crippen LogP contribution in [0.4, 0.5) is 11.1 Å². The van der Waals surface area contributed by atoms with Crippen molar-refractivity contribution in [2.75, 3.05) is 48.7 Å². The molecule has 0 aromatic carbocycles. The molecule has 1 saturated heterocycles. The maximum atomic E-state index is 12.1. The molecule has 2 aromatic rings. The van der Waals surface area contributed by atoms with Crippen LogP contribution in [-0.2, 0) is 4.79 Å². The summed E-state index contributed by atoms with van der Waals surface area (Å²) in [6, 6.07) is 1.81. The lowest BCUT2D eigenvalue weighted by Gasteiger charge is -2.34. The van der Waals surface area contributed by atoms with Gasteiger partial charge in [-0.05, 0) is 11.8 Å². The number of anilines is 2. The molecule has 3 rings (SSSR count). The average molecular weight is 365 g/mol. The zero-order valence-corrected chi connectivity index (χ0v) is 15.0. The molecule has 0 bridgehead atoms. The largest absolute Gasteiger partial charge is 0.338 e. The molecule has 8 nitrogen and oxygen atoms in total. The third-order valence-corrected chi connectivity index (χ3v) is 5.35. The number of carbonyl (C=O) groups is 1. The second kappa shape index (κ2) is 8.36. The molecular weight excluding hydrogens is 346 g/mol. The number of hydrogen-bond acceptors (Lipinski definition) is 9. The van der Waals surface area contributed by atoms with Crippen molar-refractivity contribution >= 4 is 40.1 Å². The van der Waals surface area contributed by atoms with Crippen LogP contribution in [0, 0.1) is 0 Å². The smallest absolute Gasteiger partial charge is 0.240 e. The van der Waals surface area contributed by atoms with E-state index in [9.17, 15) is 4.79 Å². The lowest BCUT2D eigenvalue weighted by molar-refractivity contribution is -0.117. The Kier molecular flexibility index (Phi) is 5.94. The molecule has 0 spiro atoms. The Balaban J connectivity index is 1.44. The Morgan fingerprint density at radius 2 is 2.00 bits per heavy atom. The molecule has 24 heavy (non-hydrogen) atoms. The normalized spacial score (nSPS) is 15.5. The molecule has 1 aliphatic rings. The maximum absolute atomic E-state index is 12.1. The van der Waals surface area contributed by atoms with E-state index >= 15 is 0 Å². The molecule has 0 radical (unpaired) electrons. The highest BCUT2D eigenvalue weighted by Gasteiger charge is 2.20. The third kappa shape index (κ3) is 4.62. The maximum Gasteiger partial charge on any atom is 0.240 e. The number of aromatic nitrogens is 4. The Labute approximate surface area is 148 Å². The first-order valence-electron chi connectivity index (χ1n) is 7.75. The quantitative estimate of drug-likeness (QED) is 0.604. The zero-order valence-electron chi connectivity index (χ0n) is 13.4. The molecule has 1 aliphatic heterocycles. The van der Waals surface area contributed by atoms with Gasteiger partial charge in [-0.3, -0.25) is 15.0 Å². The van der Waals surface area contributed by atoms with Gasteiger partial charge < -0.3 is 4.90 Å². The first-order chi connectivity index (χ1) is 11.7. The van der Waals surface area contributed by atoms with Gasteiger partial charge in [-0.25, -0.2) is 9.97 Å². The summed E-state index contributed by atoms with van der Waals surface area (Å²) >= 11 is 3.03. The number of thioether (sulfide) groups is 1. The Hall–Kier alpha value is -1.78. The van der Waals surface area contributed by atoms with E-state index in [0.717, 1.165) is 42.2 Å². The monoisotopic (exact) mass is 365 g/mol. The number of hydrogen-bond donors (Lipinski definition) is 1. The van der Waals surface area contributed by atoms with E-state index in [0.29, 0.717) is 11.7 Å². The second-order valence-corrected chi connectivity index (χ2v) is 7.65. The van der Waals surface area contributed by atoms with E-state index in [-0.39, 0.29) is 5.91 Å². The van der Waals surface area contributed by atoms with Gasteiger partial charge >= 0.3 is 0 Å². The van der Waals surface area contributed by atoms with Crippen LogP contribution in [0.3, 0.4) is 0 Å². The topological polar surface area (TPSA) is 87.1 Å². The van der Waals surface area contributed by atoms with E-state index in [1.54, 1.807) is 24.2 Å². The van der Waals surface area contributed by atoms with Crippen LogP contribution >= 0.6 is 23.1 Å². The van der Waals surface area contributed by atoms with E-state index < -0.39 is 0 Å². The van der Waals surface area contributed by atoms with Crippen molar-refractivity contribution in [2.24, 2.45) is 0 Å². The Bertz CT molecular complexity index is 658. The number of amides is 1. The van der Waals surface area contributed by atoms with Crippen molar-refractivity contribution in [3.05, 3.63) is 18.5 Å². The Morgan fingerprint density at radius 3 is 2.71 bits per heavy atom. The van der Waals surface area contributed by atoms with Crippen LogP contribution in [-0.4, -0.2) is 69.4 Å². The Morgan fingerprint density at radius 1 is 1.25 bits per heavy atom. The lowest BCUT2D eigenvalue weighted by Crippen LogP contribution is -2.49. The van der Waals surface area contributed by atoms with E-state index in [2.05, 4.69) is 42.2 Å². The zero-order chi connectivity index (χ0) is 16.8. The van der Waals surface area contributed by atoms with Gasteiger partial charge in [-0.1, -0.05) is 30.0 Å². The molecule has 0 aliphatic carbocycles. The molecule has 0 saturated carbocycles. The standard InChI is InChI=1S/C14H19N7OS2/c1-2-23-14-19-18-13(24-14)17-11(22)10-20-6-8-21(9-7-20)12-15-4-3-5-16-12/h3-5H,2,6-10H2,1H3,(H,17,18,22). The van der Waals surface area contributed by atoms with E-state index in [4.69, 9.17) is 0 Å². The number of nitrogens with zero attached hydrogens (tertiary/aromatic N) is 6. The highest BCUT2D eigenvalue weighted by atomic mass is 32.2. The van der Waals surface area contributed by atoms with E-state index in [1.807, 2.05) is 6.07 Å². The number of rotatable bonds is 6. The number of piperazine rings is 1. The lowest BCUT2D eigenvalue weighted by atomic mass is 10.3. The van der Waals surface area contributed by atoms with Gasteiger partial charge in [0.25, 0.3) is 0 Å². The molecule has 10 heteroatoms. The fraction of sp³-hybridized carbons (Fsp3) is 0.500. The molecule has 1 fully saturated rings. The summed E-state index contributed by atoms with van der Waals surface area (Å²) in [6.07, 6.45) is 3.49. The van der Waals surface area contributed by atoms with Crippen molar-refractivity contribution in [1.29, 1.82) is 0 Å². The van der Waals surface area contributed by atoms with Crippen molar-refractivity contribution in [3.63, 3.8) is 0 Å². The summed E-state index contributed by atoms with van der Waals surface area (Å²) in [4.78, 5) is 24.9. The van der Waals surface area contributed by atoms with Gasteiger partial charge in [-0.2, -0.15) is 0 Å². The SMILES string of the molecule is CCSc1nnc(NC(=O)CN2CCN(c3ncccn3)CC2)s1. The summed E-state index contributed by atoms with van der Waals surface area (Å²) in [7, 11) is 0. The average Bonchev–Trinajstić information content (AvgIpc) is 3.03. The molecule has 1 N–H and O–H groups in total. The predicted octanol–water partition coefficient (Wildman–Crippen LogP) is 1.20. The minimum atomic E-state index is -0.0522. The van der Waals surface area contributed by atoms with Gasteiger partial charge in [0.05, 0.1) is 6.54 Å². The van der Waals surface area contributed by atoms with Crippen LogP contribution in [0.25, 0.3) is 0 Å². The third-order valence-electron chi connectivity index (χ3n) is 3.50. The second-order valence-electron chi connectivity index (χ2n) is 5.17. The van der Waals surface area contributed by atoms with Crippen LogP contribution in [0.2, 0.25) is 0 Å². The van der Waals surface area contributed by atoms with Crippen molar-refractivity contribution in [2.45, 2.75) is 11.3 Å².